The number of aromatic nitrogens is 2. The molecule has 0 saturated carbocycles. The fourth-order valence-corrected chi connectivity index (χ4v) is 6.63. The summed E-state index contributed by atoms with van der Waals surface area (Å²) < 4.78 is 48.4. The number of carbonyl (C=O) groups excluding carboxylic acids is 2. The van der Waals surface area contributed by atoms with Gasteiger partial charge in [-0.3, -0.25) is 18.5 Å². The number of carbonyl (C=O) groups is 2. The molecule has 1 aliphatic rings. The summed E-state index contributed by atoms with van der Waals surface area (Å²) in [5.74, 6) is -0.852. The van der Waals surface area contributed by atoms with E-state index in [0.29, 0.717) is 56.5 Å². The van der Waals surface area contributed by atoms with E-state index in [1.165, 1.54) is 44.4 Å². The molecule has 0 saturated heterocycles. The van der Waals surface area contributed by atoms with E-state index in [0.717, 1.165) is 16.1 Å². The van der Waals surface area contributed by atoms with Gasteiger partial charge in [0, 0.05) is 48.5 Å². The zero-order valence-electron chi connectivity index (χ0n) is 25.5. The first kappa shape index (κ1) is 29.9. The number of sulfonamides is 1. The third kappa shape index (κ3) is 4.83. The normalized spacial score (nSPS) is 12.8. The van der Waals surface area contributed by atoms with Gasteiger partial charge in [0.2, 0.25) is 15.9 Å². The minimum Gasteiger partial charge on any atom is -0.455 e. The summed E-state index contributed by atoms with van der Waals surface area (Å²) >= 11 is 0. The fraction of sp³-hybridized carbons (Fsp3) is 0.143. The number of nitrogens with zero attached hydrogens (tertiary/aromatic N) is 4. The van der Waals surface area contributed by atoms with E-state index < -0.39 is 21.7 Å². The summed E-state index contributed by atoms with van der Waals surface area (Å²) in [7, 11) is -0.887. The van der Waals surface area contributed by atoms with Crippen molar-refractivity contribution >= 4 is 49.4 Å². The first-order valence-electron chi connectivity index (χ1n) is 14.6. The molecule has 0 unspecified atom stereocenters. The molecule has 0 aliphatic carbocycles. The van der Waals surface area contributed by atoms with Gasteiger partial charge in [-0.15, -0.1) is 0 Å². The molecule has 0 atom stereocenters. The summed E-state index contributed by atoms with van der Waals surface area (Å²) in [5.41, 5.74) is 4.78. The Morgan fingerprint density at radius 3 is 2.53 bits per heavy atom. The van der Waals surface area contributed by atoms with Crippen LogP contribution in [0.1, 0.15) is 32.7 Å². The zero-order valence-corrected chi connectivity index (χ0v) is 26.3. The summed E-state index contributed by atoms with van der Waals surface area (Å²) in [4.78, 5) is 31.7. The van der Waals surface area contributed by atoms with Crippen molar-refractivity contribution < 1.29 is 26.8 Å². The average Bonchev–Trinajstić information content (AvgIpc) is 3.60. The van der Waals surface area contributed by atoms with Crippen molar-refractivity contribution in [3.8, 4) is 40.0 Å². The smallest absolute Gasteiger partial charge is 0.255 e. The lowest BCUT2D eigenvalue weighted by molar-refractivity contribution is 0.0910. The fourth-order valence-electron chi connectivity index (χ4n) is 6.12. The number of aryl methyl sites for hydroxylation is 1. The number of benzene rings is 3. The highest BCUT2D eigenvalue weighted by atomic mass is 32.2. The van der Waals surface area contributed by atoms with Crippen LogP contribution in [0.15, 0.2) is 77.2 Å². The van der Waals surface area contributed by atoms with Crippen molar-refractivity contribution in [1.29, 1.82) is 5.26 Å². The Balaban J connectivity index is 1.52. The number of fused-ring (bicyclic) bond motifs is 6. The number of amides is 1. The molecule has 0 bridgehead atoms. The molecule has 1 amide bonds. The molecule has 4 heterocycles. The van der Waals surface area contributed by atoms with E-state index in [4.69, 9.17) is 9.40 Å². The number of furan rings is 1. The topological polar surface area (TPSA) is 138 Å². The van der Waals surface area contributed by atoms with E-state index in [1.807, 2.05) is 6.07 Å². The Bertz CT molecular complexity index is 2460. The number of nitrogens with one attached hydrogen (secondary N) is 1. The third-order valence-corrected chi connectivity index (χ3v) is 9.72. The molecule has 1 N–H and O–H groups in total. The van der Waals surface area contributed by atoms with Crippen LogP contribution < -0.4 is 9.62 Å². The van der Waals surface area contributed by atoms with E-state index in [-0.39, 0.29) is 34.9 Å². The van der Waals surface area contributed by atoms with E-state index in [1.54, 1.807) is 41.0 Å². The highest BCUT2D eigenvalue weighted by Gasteiger charge is 2.29. The third-order valence-electron chi connectivity index (χ3n) is 8.52. The zero-order chi connectivity index (χ0) is 33.2. The van der Waals surface area contributed by atoms with E-state index >= 15 is 0 Å². The molecular formula is C35H26FN5O5S. The molecule has 6 aromatic rings. The van der Waals surface area contributed by atoms with Gasteiger partial charge < -0.3 is 9.73 Å². The Labute approximate surface area is 268 Å². The van der Waals surface area contributed by atoms with Crippen molar-refractivity contribution in [3.63, 3.8) is 0 Å². The van der Waals surface area contributed by atoms with Gasteiger partial charge in [-0.25, -0.2) is 17.8 Å². The molecule has 47 heavy (non-hydrogen) atoms. The van der Waals surface area contributed by atoms with Crippen LogP contribution in [0.5, 0.6) is 0 Å². The van der Waals surface area contributed by atoms with Gasteiger partial charge >= 0.3 is 0 Å². The maximum Gasteiger partial charge on any atom is 0.255 e. The molecule has 0 spiro atoms. The number of halogens is 1. The van der Waals surface area contributed by atoms with Crippen molar-refractivity contribution in [2.24, 2.45) is 0 Å². The second kappa shape index (κ2) is 10.9. The van der Waals surface area contributed by atoms with Crippen LogP contribution in [0.2, 0.25) is 0 Å². The Morgan fingerprint density at radius 2 is 1.83 bits per heavy atom. The molecule has 3 aromatic carbocycles. The predicted molar refractivity (Wildman–Crippen MR) is 176 cm³/mol. The summed E-state index contributed by atoms with van der Waals surface area (Å²) in [6, 6.07) is 21.5. The molecule has 0 fully saturated rings. The molecule has 0 radical (unpaired) electrons. The number of pyridine rings is 1. The summed E-state index contributed by atoms with van der Waals surface area (Å²) in [6.45, 7) is 0. The maximum absolute atomic E-state index is 13.8. The number of nitriles is 1. The number of hydrogen-bond donors (Lipinski definition) is 1. The van der Waals surface area contributed by atoms with Crippen molar-refractivity contribution in [2.45, 2.75) is 12.8 Å². The van der Waals surface area contributed by atoms with Gasteiger partial charge in [0.1, 0.15) is 17.2 Å². The van der Waals surface area contributed by atoms with Crippen LogP contribution in [0.25, 0.3) is 55.8 Å². The highest BCUT2D eigenvalue weighted by molar-refractivity contribution is 7.92. The lowest BCUT2D eigenvalue weighted by Crippen LogP contribution is -2.25. The average molecular weight is 648 g/mol. The maximum atomic E-state index is 13.8. The highest BCUT2D eigenvalue weighted by Crippen LogP contribution is 2.42. The lowest BCUT2D eigenvalue weighted by Gasteiger charge is -2.21. The Hall–Kier alpha value is -5.80. The second-order valence-corrected chi connectivity index (χ2v) is 13.3. The van der Waals surface area contributed by atoms with Gasteiger partial charge in [0.25, 0.3) is 5.91 Å². The van der Waals surface area contributed by atoms with Crippen LogP contribution >= 0.6 is 0 Å². The molecular weight excluding hydrogens is 621 g/mol. The van der Waals surface area contributed by atoms with Gasteiger partial charge in [-0.05, 0) is 66.6 Å². The first-order valence-corrected chi connectivity index (χ1v) is 16.5. The molecule has 1 aliphatic heterocycles. The van der Waals surface area contributed by atoms with Crippen LogP contribution in [0.3, 0.4) is 0 Å². The van der Waals surface area contributed by atoms with E-state index in [9.17, 15) is 27.7 Å². The Kier molecular flexibility index (Phi) is 6.95. The van der Waals surface area contributed by atoms with Crippen molar-refractivity contribution in [3.05, 3.63) is 95.3 Å². The van der Waals surface area contributed by atoms with Crippen LogP contribution in [-0.4, -0.2) is 50.1 Å². The minimum atomic E-state index is -3.78. The standard InChI is InChI=1S/C35H26FN5O5S/c1-38-35(43)32-25-15-24(28(40(2)47(3,44)45)17-30(25)46-34(32)20-7-11-22(36)12-8-20)26-13-9-19-10-14-31(42)41-27-6-4-5-21(18-37)23(27)16-29(41)33(19)39-26/h4-9,11-13,15-17H,10,14H2,1-3H3,(H,38,43). The quantitative estimate of drug-likeness (QED) is 0.237. The van der Waals surface area contributed by atoms with Gasteiger partial charge in [0.15, 0.2) is 0 Å². The first-order chi connectivity index (χ1) is 22.5. The summed E-state index contributed by atoms with van der Waals surface area (Å²) in [6.07, 6.45) is 1.73. The predicted octanol–water partition coefficient (Wildman–Crippen LogP) is 6.14. The molecule has 10 nitrogen and oxygen atoms in total. The largest absolute Gasteiger partial charge is 0.455 e. The SMILES string of the molecule is CNC(=O)c1c(-c2ccc(F)cc2)oc2cc(N(C)S(C)(=O)=O)c(-c3ccc4c(n3)-c3cc5c(C#N)cccc5n3C(=O)CC4)cc12. The van der Waals surface area contributed by atoms with Crippen LogP contribution in [0, 0.1) is 17.1 Å². The van der Waals surface area contributed by atoms with Crippen LogP contribution in [0.4, 0.5) is 10.1 Å². The van der Waals surface area contributed by atoms with Gasteiger partial charge in [-0.2, -0.15) is 5.26 Å². The number of rotatable bonds is 5. The van der Waals surface area contributed by atoms with Crippen molar-refractivity contribution in [1.82, 2.24) is 14.9 Å². The molecule has 3 aromatic heterocycles. The number of anilines is 1. The van der Waals surface area contributed by atoms with Gasteiger partial charge in [-0.1, -0.05) is 12.1 Å². The van der Waals surface area contributed by atoms with Gasteiger partial charge in [0.05, 0.1) is 51.7 Å². The van der Waals surface area contributed by atoms with Crippen LogP contribution in [-0.2, 0) is 16.4 Å². The molecule has 7 rings (SSSR count). The monoisotopic (exact) mass is 647 g/mol. The van der Waals surface area contributed by atoms with Crippen molar-refractivity contribution in [2.75, 3.05) is 24.7 Å². The minimum absolute atomic E-state index is 0.134. The molecule has 12 heteroatoms. The number of hydrogen-bond acceptors (Lipinski definition) is 7. The lowest BCUT2D eigenvalue weighted by atomic mass is 9.99. The molecule has 234 valence electrons. The summed E-state index contributed by atoms with van der Waals surface area (Å²) in [5, 5.41) is 13.4. The van der Waals surface area contributed by atoms with E-state index in [2.05, 4.69) is 11.4 Å². The Morgan fingerprint density at radius 1 is 1.06 bits per heavy atom. The second-order valence-electron chi connectivity index (χ2n) is 11.3.